The summed E-state index contributed by atoms with van der Waals surface area (Å²) >= 11 is 0. The first-order valence-electron chi connectivity index (χ1n) is 7.43. The highest BCUT2D eigenvalue weighted by Gasteiger charge is 2.21. The Morgan fingerprint density at radius 2 is 2.32 bits per heavy atom. The zero-order chi connectivity index (χ0) is 15.5. The average molecular weight is 296 g/mol. The van der Waals surface area contributed by atoms with Crippen LogP contribution in [-0.4, -0.2) is 41.5 Å². The van der Waals surface area contributed by atoms with Crippen LogP contribution in [-0.2, 0) is 0 Å². The number of H-pyrrole nitrogens is 1. The molecule has 0 amide bonds. The van der Waals surface area contributed by atoms with Crippen molar-refractivity contribution >= 4 is 34.7 Å². The second-order valence-corrected chi connectivity index (χ2v) is 5.54. The topological polar surface area (TPSA) is 106 Å². The molecule has 6 nitrogen and oxygen atoms in total. The third-order valence-electron chi connectivity index (χ3n) is 4.08. The Hall–Kier alpha value is -2.47. The Kier molecular flexibility index (Phi) is 4.02. The van der Waals surface area contributed by atoms with Crippen molar-refractivity contribution in [2.45, 2.75) is 18.9 Å². The number of aromatic amines is 1. The number of nitrogens with two attached hydrogens (primary N) is 1. The summed E-state index contributed by atoms with van der Waals surface area (Å²) in [6.45, 7) is 1.81. The van der Waals surface area contributed by atoms with Gasteiger partial charge in [-0.05, 0) is 25.0 Å². The minimum absolute atomic E-state index is 0.193. The van der Waals surface area contributed by atoms with Crippen molar-refractivity contribution in [3.05, 3.63) is 30.1 Å². The minimum atomic E-state index is 0.193. The van der Waals surface area contributed by atoms with Crippen LogP contribution in [0, 0.1) is 10.8 Å². The predicted octanol–water partition coefficient (Wildman–Crippen LogP) is 2.17. The second-order valence-electron chi connectivity index (χ2n) is 5.54. The van der Waals surface area contributed by atoms with Crippen molar-refractivity contribution in [2.24, 2.45) is 5.73 Å². The van der Waals surface area contributed by atoms with Crippen LogP contribution in [0.2, 0.25) is 0 Å². The molecule has 0 unspecified atom stereocenters. The van der Waals surface area contributed by atoms with Crippen molar-refractivity contribution in [1.82, 2.24) is 9.97 Å². The largest absolute Gasteiger partial charge is 0.369 e. The van der Waals surface area contributed by atoms with Crippen LogP contribution in [0.15, 0.2) is 24.5 Å². The van der Waals surface area contributed by atoms with Gasteiger partial charge in [-0.25, -0.2) is 4.98 Å². The highest BCUT2D eigenvalue weighted by molar-refractivity contribution is 6.18. The van der Waals surface area contributed by atoms with Crippen molar-refractivity contribution in [1.29, 1.82) is 10.8 Å². The molecule has 3 heterocycles. The van der Waals surface area contributed by atoms with E-state index >= 15 is 0 Å². The minimum Gasteiger partial charge on any atom is -0.369 e. The molecule has 2 aromatic heterocycles. The lowest BCUT2D eigenvalue weighted by Gasteiger charge is -2.33. The highest BCUT2D eigenvalue weighted by atomic mass is 15.2. The first-order valence-corrected chi connectivity index (χ1v) is 7.43. The molecule has 1 saturated heterocycles. The first-order chi connectivity index (χ1) is 10.7. The van der Waals surface area contributed by atoms with Gasteiger partial charge in [0.15, 0.2) is 0 Å². The van der Waals surface area contributed by atoms with Gasteiger partial charge in [-0.2, -0.15) is 0 Å². The van der Waals surface area contributed by atoms with E-state index in [1.54, 1.807) is 12.3 Å². The summed E-state index contributed by atoms with van der Waals surface area (Å²) in [7, 11) is 0. The van der Waals surface area contributed by atoms with E-state index in [-0.39, 0.29) is 6.04 Å². The van der Waals surface area contributed by atoms with E-state index in [0.29, 0.717) is 5.57 Å². The lowest BCUT2D eigenvalue weighted by molar-refractivity contribution is 0.507. The maximum atomic E-state index is 7.60. The quantitative estimate of drug-likeness (QED) is 0.650. The summed E-state index contributed by atoms with van der Waals surface area (Å²) in [4.78, 5) is 9.84. The van der Waals surface area contributed by atoms with Crippen molar-refractivity contribution in [3.63, 3.8) is 0 Å². The number of fused-ring (bicyclic) bond motifs is 1. The van der Waals surface area contributed by atoms with Gasteiger partial charge in [-0.1, -0.05) is 0 Å². The molecule has 1 atom stereocenters. The Labute approximate surface area is 129 Å². The fourth-order valence-corrected chi connectivity index (χ4v) is 3.06. The third kappa shape index (κ3) is 2.53. The molecule has 0 spiro atoms. The molecule has 0 aliphatic carbocycles. The number of hydrogen-bond donors (Lipinski definition) is 4. The molecule has 1 aliphatic heterocycles. The van der Waals surface area contributed by atoms with Crippen LogP contribution in [0.4, 0.5) is 5.69 Å². The fourth-order valence-electron chi connectivity index (χ4n) is 3.06. The van der Waals surface area contributed by atoms with E-state index in [1.807, 2.05) is 12.3 Å². The van der Waals surface area contributed by atoms with Crippen LogP contribution >= 0.6 is 0 Å². The van der Waals surface area contributed by atoms with Gasteiger partial charge < -0.3 is 26.4 Å². The maximum absolute atomic E-state index is 7.60. The summed E-state index contributed by atoms with van der Waals surface area (Å²) in [6, 6.07) is 2.20. The number of piperidine rings is 1. The summed E-state index contributed by atoms with van der Waals surface area (Å²) in [6.07, 6.45) is 9.88. The van der Waals surface area contributed by atoms with Crippen LogP contribution in [0.3, 0.4) is 0 Å². The van der Waals surface area contributed by atoms with E-state index in [1.165, 1.54) is 12.4 Å². The Morgan fingerprint density at radius 1 is 1.45 bits per heavy atom. The van der Waals surface area contributed by atoms with Crippen molar-refractivity contribution in [3.8, 4) is 0 Å². The second kappa shape index (κ2) is 6.11. The molecule has 0 saturated carbocycles. The summed E-state index contributed by atoms with van der Waals surface area (Å²) in [5.74, 6) is 0. The van der Waals surface area contributed by atoms with Crippen LogP contribution in [0.25, 0.3) is 16.6 Å². The van der Waals surface area contributed by atoms with Crippen molar-refractivity contribution < 1.29 is 0 Å². The molecule has 2 aromatic rings. The predicted molar refractivity (Wildman–Crippen MR) is 91.1 cm³/mol. The Morgan fingerprint density at radius 3 is 3.05 bits per heavy atom. The zero-order valence-corrected chi connectivity index (χ0v) is 12.3. The number of allylic oxidation sites excluding steroid dienone is 2. The molecule has 1 fully saturated rings. The number of hydrogen-bond acceptors (Lipinski definition) is 5. The van der Waals surface area contributed by atoms with Crippen LogP contribution in [0.1, 0.15) is 18.4 Å². The molecule has 0 aromatic carbocycles. The molecule has 0 bridgehead atoms. The molecule has 114 valence electrons. The summed E-state index contributed by atoms with van der Waals surface area (Å²) < 4.78 is 0. The Balaban J connectivity index is 2.14. The number of anilines is 1. The number of aromatic nitrogens is 2. The molecule has 6 heteroatoms. The van der Waals surface area contributed by atoms with Gasteiger partial charge in [0.2, 0.25) is 0 Å². The van der Waals surface area contributed by atoms with E-state index in [4.69, 9.17) is 16.6 Å². The lowest BCUT2D eigenvalue weighted by Crippen LogP contribution is -2.42. The standard InChI is InChI=1S/C16H20N6/c17-5-3-11(8-18)13-9-21-16-15(13)14(4-6-20-16)22-7-1-2-12(19)10-22/h3-6,8-9,12,17-18H,1-2,7,10,19H2,(H,20,21)/b11-3+,17-5?,18-8?/t12-/m0/s1. The maximum Gasteiger partial charge on any atom is 0.139 e. The van der Waals surface area contributed by atoms with Gasteiger partial charge in [0.25, 0.3) is 0 Å². The van der Waals surface area contributed by atoms with E-state index in [0.717, 1.165) is 48.2 Å². The highest BCUT2D eigenvalue weighted by Crippen LogP contribution is 2.33. The lowest BCUT2D eigenvalue weighted by atomic mass is 10.0. The van der Waals surface area contributed by atoms with Crippen molar-refractivity contribution in [2.75, 3.05) is 18.0 Å². The van der Waals surface area contributed by atoms with Gasteiger partial charge in [0.05, 0.1) is 0 Å². The van der Waals surface area contributed by atoms with Gasteiger partial charge in [0, 0.05) is 66.2 Å². The van der Waals surface area contributed by atoms with Gasteiger partial charge in [-0.3, -0.25) is 0 Å². The van der Waals surface area contributed by atoms with Crippen LogP contribution < -0.4 is 10.6 Å². The molecular formula is C16H20N6. The fraction of sp³-hybridized carbons (Fsp3) is 0.312. The van der Waals surface area contributed by atoms with E-state index in [2.05, 4.69) is 14.9 Å². The number of nitrogens with zero attached hydrogens (tertiary/aromatic N) is 2. The number of pyridine rings is 1. The van der Waals surface area contributed by atoms with E-state index < -0.39 is 0 Å². The third-order valence-corrected chi connectivity index (χ3v) is 4.08. The van der Waals surface area contributed by atoms with E-state index in [9.17, 15) is 0 Å². The molecule has 0 radical (unpaired) electrons. The molecular weight excluding hydrogens is 276 g/mol. The molecule has 5 N–H and O–H groups in total. The number of rotatable bonds is 4. The number of nitrogens with one attached hydrogen (secondary N) is 3. The zero-order valence-electron chi connectivity index (χ0n) is 12.3. The normalized spacial score (nSPS) is 19.4. The molecule has 3 rings (SSSR count). The SMILES string of the molecule is N=C/C=C(\C=N)c1c[nH]c2nccc(N3CCC[C@H](N)C3)c12. The average Bonchev–Trinajstić information content (AvgIpc) is 2.96. The summed E-state index contributed by atoms with van der Waals surface area (Å²) in [5.41, 5.74) is 9.59. The van der Waals surface area contributed by atoms with Gasteiger partial charge >= 0.3 is 0 Å². The monoisotopic (exact) mass is 296 g/mol. The summed E-state index contributed by atoms with van der Waals surface area (Å²) in [5, 5.41) is 15.9. The smallest absolute Gasteiger partial charge is 0.139 e. The first kappa shape index (κ1) is 14.5. The molecule has 22 heavy (non-hydrogen) atoms. The van der Waals surface area contributed by atoms with Crippen LogP contribution in [0.5, 0.6) is 0 Å². The van der Waals surface area contributed by atoms with Gasteiger partial charge in [0.1, 0.15) is 5.65 Å². The Bertz CT molecular complexity index is 729. The molecule has 1 aliphatic rings. The van der Waals surface area contributed by atoms with Gasteiger partial charge in [-0.15, -0.1) is 0 Å².